The van der Waals surface area contributed by atoms with Gasteiger partial charge in [-0.2, -0.15) is 0 Å². The molecular formula is C18H24I3N3O9. The van der Waals surface area contributed by atoms with Crippen LogP contribution in [0.1, 0.15) is 20.7 Å². The van der Waals surface area contributed by atoms with Gasteiger partial charge < -0.3 is 46.2 Å². The number of anilines is 1. The summed E-state index contributed by atoms with van der Waals surface area (Å²) in [5.74, 6) is -1.98. The fourth-order valence-corrected chi connectivity index (χ4v) is 6.86. The van der Waals surface area contributed by atoms with Gasteiger partial charge in [0.1, 0.15) is 13.2 Å². The van der Waals surface area contributed by atoms with Gasteiger partial charge in [-0.1, -0.05) is 0 Å². The minimum atomic E-state index is -1.16. The molecular weight excluding hydrogens is 783 g/mol. The number of aliphatic hydroxyl groups is 5. The third-order valence-corrected chi connectivity index (χ3v) is 7.22. The monoisotopic (exact) mass is 807 g/mol. The molecule has 0 saturated heterocycles. The lowest BCUT2D eigenvalue weighted by Gasteiger charge is -2.20. The number of carbonyl (C=O) groups is 3. The topological polar surface area (TPSA) is 198 Å². The van der Waals surface area contributed by atoms with Gasteiger partial charge in [-0.15, -0.1) is 0 Å². The van der Waals surface area contributed by atoms with Crippen LogP contribution >= 0.6 is 67.8 Å². The van der Waals surface area contributed by atoms with Crippen molar-refractivity contribution in [3.63, 3.8) is 0 Å². The van der Waals surface area contributed by atoms with Crippen molar-refractivity contribution >= 4 is 91.2 Å². The highest BCUT2D eigenvalue weighted by molar-refractivity contribution is 14.1. The molecule has 2 atom stereocenters. The molecule has 8 N–H and O–H groups in total. The van der Waals surface area contributed by atoms with Gasteiger partial charge in [0.15, 0.2) is 0 Å². The van der Waals surface area contributed by atoms with E-state index in [0.29, 0.717) is 16.4 Å². The van der Waals surface area contributed by atoms with Crippen molar-refractivity contribution in [2.75, 3.05) is 51.4 Å². The van der Waals surface area contributed by atoms with Crippen LogP contribution in [0.4, 0.5) is 5.69 Å². The lowest BCUT2D eigenvalue weighted by molar-refractivity contribution is -0.146. The number of hydrogen-bond acceptors (Lipinski definition) is 10. The van der Waals surface area contributed by atoms with Gasteiger partial charge in [-0.3, -0.25) is 9.59 Å². The van der Waals surface area contributed by atoms with Crippen molar-refractivity contribution < 1.29 is 44.7 Å². The normalized spacial score (nSPS) is 12.6. The van der Waals surface area contributed by atoms with Gasteiger partial charge in [0.2, 0.25) is 0 Å². The number of aliphatic hydroxyl groups excluding tert-OH is 5. The lowest BCUT2D eigenvalue weighted by Crippen LogP contribution is -2.37. The zero-order valence-corrected chi connectivity index (χ0v) is 23.6. The van der Waals surface area contributed by atoms with Gasteiger partial charge in [0.25, 0.3) is 11.8 Å². The van der Waals surface area contributed by atoms with E-state index in [4.69, 9.17) is 20.1 Å². The first-order valence-electron chi connectivity index (χ1n) is 9.43. The van der Waals surface area contributed by atoms with Crippen molar-refractivity contribution in [2.45, 2.75) is 12.2 Å². The average molecular weight is 807 g/mol. The molecule has 186 valence electrons. The Morgan fingerprint density at radius 1 is 0.818 bits per heavy atom. The number of carbonyl (C=O) groups excluding carboxylic acids is 3. The summed E-state index contributed by atoms with van der Waals surface area (Å²) in [7, 11) is 0. The summed E-state index contributed by atoms with van der Waals surface area (Å²) in [6.07, 6.45) is -2.32. The van der Waals surface area contributed by atoms with Gasteiger partial charge in [-0.25, -0.2) is 4.79 Å². The van der Waals surface area contributed by atoms with E-state index in [1.165, 1.54) is 0 Å². The smallest absolute Gasteiger partial charge is 0.331 e. The van der Waals surface area contributed by atoms with Crippen LogP contribution in [0.2, 0.25) is 0 Å². The molecule has 1 aromatic carbocycles. The van der Waals surface area contributed by atoms with Crippen LogP contribution in [0.5, 0.6) is 0 Å². The van der Waals surface area contributed by atoms with E-state index in [2.05, 4.69) is 16.0 Å². The molecule has 12 nitrogen and oxygen atoms in total. The Hall–Kier alpha value is -0.580. The Labute approximate surface area is 230 Å². The van der Waals surface area contributed by atoms with E-state index < -0.39 is 49.8 Å². The Morgan fingerprint density at radius 2 is 1.27 bits per heavy atom. The number of hydrogen-bond donors (Lipinski definition) is 8. The molecule has 0 saturated carbocycles. The SMILES string of the molecule is O=C(CO)OCCNc1c(I)c(C(=O)NCC(O)CO)c(I)c(C(=O)NCC(O)CO)c1I. The molecule has 0 radical (unpaired) electrons. The molecule has 1 rings (SSSR count). The maximum absolute atomic E-state index is 12.9. The largest absolute Gasteiger partial charge is 0.462 e. The van der Waals surface area contributed by atoms with Crippen LogP contribution in [0.15, 0.2) is 0 Å². The molecule has 15 heteroatoms. The average Bonchev–Trinajstić information content (AvgIpc) is 2.79. The van der Waals surface area contributed by atoms with Gasteiger partial charge in [0, 0.05) is 23.2 Å². The highest BCUT2D eigenvalue weighted by Crippen LogP contribution is 2.35. The second-order valence-electron chi connectivity index (χ2n) is 6.47. The first kappa shape index (κ1) is 30.5. The predicted molar refractivity (Wildman–Crippen MR) is 142 cm³/mol. The molecule has 0 fully saturated rings. The van der Waals surface area contributed by atoms with Crippen molar-refractivity contribution in [3.8, 4) is 0 Å². The Morgan fingerprint density at radius 3 is 1.67 bits per heavy atom. The van der Waals surface area contributed by atoms with Crippen LogP contribution in [0.25, 0.3) is 0 Å². The van der Waals surface area contributed by atoms with Crippen LogP contribution in [-0.4, -0.2) is 102 Å². The van der Waals surface area contributed by atoms with E-state index in [9.17, 15) is 24.6 Å². The molecule has 1 aromatic rings. The summed E-state index contributed by atoms with van der Waals surface area (Å²) in [6.45, 7) is -2.22. The van der Waals surface area contributed by atoms with E-state index in [1.54, 1.807) is 0 Å². The fourth-order valence-electron chi connectivity index (χ4n) is 2.33. The van der Waals surface area contributed by atoms with Crippen molar-refractivity contribution in [1.82, 2.24) is 10.6 Å². The quantitative estimate of drug-likeness (QED) is 0.0669. The molecule has 33 heavy (non-hydrogen) atoms. The molecule has 0 spiro atoms. The van der Waals surface area contributed by atoms with Crippen molar-refractivity contribution in [2.24, 2.45) is 0 Å². The summed E-state index contributed by atoms with van der Waals surface area (Å²) >= 11 is 5.70. The number of benzene rings is 1. The number of esters is 1. The first-order chi connectivity index (χ1) is 15.6. The maximum Gasteiger partial charge on any atom is 0.331 e. The Bertz CT molecular complexity index is 804. The van der Waals surface area contributed by atoms with E-state index in [1.807, 2.05) is 67.8 Å². The highest BCUT2D eigenvalue weighted by atomic mass is 127. The lowest BCUT2D eigenvalue weighted by atomic mass is 10.1. The van der Waals surface area contributed by atoms with Gasteiger partial charge in [-0.05, 0) is 67.8 Å². The first-order valence-corrected chi connectivity index (χ1v) is 12.7. The molecule has 0 heterocycles. The summed E-state index contributed by atoms with van der Waals surface area (Å²) in [5, 5.41) is 53.8. The Balaban J connectivity index is 3.33. The van der Waals surface area contributed by atoms with Crippen LogP contribution < -0.4 is 16.0 Å². The van der Waals surface area contributed by atoms with Gasteiger partial charge >= 0.3 is 5.97 Å². The minimum absolute atomic E-state index is 0.0774. The third kappa shape index (κ3) is 9.18. The maximum atomic E-state index is 12.9. The zero-order valence-electron chi connectivity index (χ0n) is 17.1. The van der Waals surface area contributed by atoms with E-state index >= 15 is 0 Å². The number of rotatable bonds is 13. The third-order valence-electron chi connectivity index (χ3n) is 3.99. The summed E-state index contributed by atoms with van der Waals surface area (Å²) in [6, 6.07) is 0. The molecule has 0 aliphatic carbocycles. The number of amides is 2. The standard InChI is InChI=1S/C18H24I3N3O9/c19-13-11(17(31)23-3-8(28)5-25)14(20)16(22-1-2-33-10(30)7-27)15(21)12(13)18(32)24-4-9(29)6-26/h8-9,22,25-29H,1-7H2,(H,23,31)(H,24,32). The molecule has 0 aliphatic heterocycles. The molecule has 0 aliphatic rings. The molecule has 0 bridgehead atoms. The fraction of sp³-hybridized carbons (Fsp3) is 0.500. The van der Waals surface area contributed by atoms with Crippen LogP contribution in [-0.2, 0) is 9.53 Å². The molecule has 0 aromatic heterocycles. The number of ether oxygens (including phenoxy) is 1. The second-order valence-corrected chi connectivity index (χ2v) is 9.70. The summed E-state index contributed by atoms with van der Waals surface area (Å²) < 4.78 is 6.03. The predicted octanol–water partition coefficient (Wildman–Crippen LogP) is -1.39. The number of halogens is 3. The van der Waals surface area contributed by atoms with Crippen LogP contribution in [0, 0.1) is 10.7 Å². The van der Waals surface area contributed by atoms with E-state index in [0.717, 1.165) is 0 Å². The van der Waals surface area contributed by atoms with Gasteiger partial charge in [0.05, 0.1) is 49.4 Å². The van der Waals surface area contributed by atoms with Crippen molar-refractivity contribution in [3.05, 3.63) is 21.8 Å². The highest BCUT2D eigenvalue weighted by Gasteiger charge is 2.28. The molecule has 2 unspecified atom stereocenters. The van der Waals surface area contributed by atoms with Crippen molar-refractivity contribution in [1.29, 1.82) is 0 Å². The summed E-state index contributed by atoms with van der Waals surface area (Å²) in [4.78, 5) is 36.8. The Kier molecular flexibility index (Phi) is 14.2. The molecule has 2 amide bonds. The minimum Gasteiger partial charge on any atom is -0.462 e. The van der Waals surface area contributed by atoms with Crippen LogP contribution in [0.3, 0.4) is 0 Å². The zero-order chi connectivity index (χ0) is 25.1. The second kappa shape index (κ2) is 15.4. The number of nitrogens with one attached hydrogen (secondary N) is 3. The van der Waals surface area contributed by atoms with E-state index in [-0.39, 0.29) is 37.4 Å². The summed E-state index contributed by atoms with van der Waals surface area (Å²) in [5.41, 5.74) is 0.700.